The van der Waals surface area contributed by atoms with E-state index in [9.17, 15) is 0 Å². The summed E-state index contributed by atoms with van der Waals surface area (Å²) in [5.74, 6) is 0. The third kappa shape index (κ3) is 6.77. The van der Waals surface area contributed by atoms with E-state index in [1.165, 1.54) is 111 Å². The Morgan fingerprint density at radius 1 is 0.194 bits per heavy atom. The molecule has 2 aliphatic rings. The van der Waals surface area contributed by atoms with Crippen LogP contribution in [0, 0.1) is 0 Å². The highest BCUT2D eigenvalue weighted by atomic mass is 15.1. The van der Waals surface area contributed by atoms with Crippen LogP contribution in [0.5, 0.6) is 0 Å². The van der Waals surface area contributed by atoms with E-state index in [0.717, 1.165) is 17.1 Å². The summed E-state index contributed by atoms with van der Waals surface area (Å²) in [6.45, 7) is 0. The van der Waals surface area contributed by atoms with E-state index < -0.39 is 5.41 Å². The molecule has 12 aromatic rings. The van der Waals surface area contributed by atoms with Gasteiger partial charge >= 0.3 is 0 Å². The molecular weight excluding hydrogens is 867 g/mol. The van der Waals surface area contributed by atoms with E-state index >= 15 is 0 Å². The Bertz CT molecular complexity index is 3810. The minimum Gasteiger partial charge on any atom is -0.310 e. The van der Waals surface area contributed by atoms with E-state index in [-0.39, 0.29) is 0 Å². The highest BCUT2D eigenvalue weighted by Gasteiger charge is 2.52. The molecule has 0 radical (unpaired) electrons. The minimum atomic E-state index is -0.530. The van der Waals surface area contributed by atoms with Gasteiger partial charge in [0.2, 0.25) is 0 Å². The van der Waals surface area contributed by atoms with Crippen molar-refractivity contribution >= 4 is 27.8 Å². The van der Waals surface area contributed by atoms with Crippen molar-refractivity contribution < 1.29 is 0 Å². The third-order valence-corrected chi connectivity index (χ3v) is 15.3. The summed E-state index contributed by atoms with van der Waals surface area (Å²) >= 11 is 0. The maximum absolute atomic E-state index is 2.50. The quantitative estimate of drug-likeness (QED) is 0.147. The average molecular weight is 914 g/mol. The zero-order valence-electron chi connectivity index (χ0n) is 39.6. The second-order valence-electron chi connectivity index (χ2n) is 19.2. The molecule has 1 heteroatoms. The fourth-order valence-electron chi connectivity index (χ4n) is 11.8. The topological polar surface area (TPSA) is 3.24 Å². The molecular formula is C71H47N. The highest BCUT2D eigenvalue weighted by molar-refractivity contribution is 5.98. The molecule has 0 fully saturated rings. The maximum atomic E-state index is 2.50. The summed E-state index contributed by atoms with van der Waals surface area (Å²) in [6, 6.07) is 105. The smallest absolute Gasteiger partial charge is 0.0726 e. The summed E-state index contributed by atoms with van der Waals surface area (Å²) in [6.07, 6.45) is 0. The number of anilines is 3. The first-order valence-electron chi connectivity index (χ1n) is 25.0. The van der Waals surface area contributed by atoms with Gasteiger partial charge in [-0.15, -0.1) is 0 Å². The Morgan fingerprint density at radius 3 is 1.04 bits per heavy atom. The van der Waals surface area contributed by atoms with Gasteiger partial charge in [-0.05, 0) is 159 Å². The molecule has 0 aromatic heterocycles. The Balaban J connectivity index is 0.915. The molecule has 336 valence electrons. The lowest BCUT2D eigenvalue weighted by Crippen LogP contribution is -2.26. The monoisotopic (exact) mass is 913 g/mol. The molecule has 0 aliphatic heterocycles. The molecule has 0 heterocycles. The summed E-state index contributed by atoms with van der Waals surface area (Å²) in [5.41, 5.74) is 25.3. The maximum Gasteiger partial charge on any atom is 0.0726 e. The van der Waals surface area contributed by atoms with Crippen LogP contribution in [0.3, 0.4) is 0 Å². The number of hydrogen-bond acceptors (Lipinski definition) is 1. The Hall–Kier alpha value is -9.30. The number of hydrogen-bond donors (Lipinski definition) is 0. The summed E-state index contributed by atoms with van der Waals surface area (Å²) < 4.78 is 0. The summed E-state index contributed by atoms with van der Waals surface area (Å²) in [7, 11) is 0. The van der Waals surface area contributed by atoms with Crippen LogP contribution in [0.4, 0.5) is 17.1 Å². The number of rotatable bonds is 8. The van der Waals surface area contributed by atoms with Gasteiger partial charge in [0.1, 0.15) is 0 Å². The molecule has 0 N–H and O–H groups in total. The van der Waals surface area contributed by atoms with Crippen molar-refractivity contribution in [2.75, 3.05) is 4.90 Å². The van der Waals surface area contributed by atoms with Gasteiger partial charge in [-0.1, -0.05) is 237 Å². The van der Waals surface area contributed by atoms with Crippen molar-refractivity contribution in [2.24, 2.45) is 0 Å². The van der Waals surface area contributed by atoms with E-state index in [0.29, 0.717) is 0 Å². The van der Waals surface area contributed by atoms with Crippen molar-refractivity contribution in [3.63, 3.8) is 0 Å². The van der Waals surface area contributed by atoms with Gasteiger partial charge < -0.3 is 4.90 Å². The first-order valence-corrected chi connectivity index (χ1v) is 25.0. The van der Waals surface area contributed by atoms with Crippen LogP contribution < -0.4 is 4.90 Å². The lowest BCUT2D eigenvalue weighted by molar-refractivity contribution is 0.794. The Labute approximate surface area is 421 Å². The second kappa shape index (κ2) is 17.0. The average Bonchev–Trinajstić information content (AvgIpc) is 3.93. The van der Waals surface area contributed by atoms with Gasteiger partial charge in [0.25, 0.3) is 0 Å². The second-order valence-corrected chi connectivity index (χ2v) is 19.2. The Kier molecular flexibility index (Phi) is 9.82. The van der Waals surface area contributed by atoms with Crippen molar-refractivity contribution in [2.45, 2.75) is 5.41 Å². The first kappa shape index (κ1) is 41.7. The predicted octanol–water partition coefficient (Wildman–Crippen LogP) is 19.0. The van der Waals surface area contributed by atoms with Crippen molar-refractivity contribution in [3.05, 3.63) is 307 Å². The largest absolute Gasteiger partial charge is 0.310 e. The van der Waals surface area contributed by atoms with Crippen LogP contribution in [-0.2, 0) is 5.41 Å². The van der Waals surface area contributed by atoms with Gasteiger partial charge in [-0.3, -0.25) is 0 Å². The molecule has 0 bridgehead atoms. The number of fused-ring (bicyclic) bond motifs is 11. The van der Waals surface area contributed by atoms with Crippen molar-refractivity contribution in [1.82, 2.24) is 0 Å². The zero-order chi connectivity index (χ0) is 47.6. The molecule has 1 nitrogen and oxygen atoms in total. The van der Waals surface area contributed by atoms with E-state index in [2.05, 4.69) is 290 Å². The molecule has 0 atom stereocenters. The number of nitrogens with zero attached hydrogens (tertiary/aromatic N) is 1. The molecule has 0 saturated heterocycles. The molecule has 0 unspecified atom stereocenters. The van der Waals surface area contributed by atoms with Gasteiger partial charge in [0.05, 0.1) is 5.41 Å². The van der Waals surface area contributed by atoms with E-state index in [1.54, 1.807) is 0 Å². The van der Waals surface area contributed by atoms with Gasteiger partial charge in [0.15, 0.2) is 0 Å². The van der Waals surface area contributed by atoms with Gasteiger partial charge in [-0.2, -0.15) is 0 Å². The third-order valence-electron chi connectivity index (χ3n) is 15.3. The summed E-state index contributed by atoms with van der Waals surface area (Å²) in [4.78, 5) is 2.44. The summed E-state index contributed by atoms with van der Waals surface area (Å²) in [5, 5.41) is 2.50. The van der Waals surface area contributed by atoms with Crippen LogP contribution >= 0.6 is 0 Å². The van der Waals surface area contributed by atoms with E-state index in [4.69, 9.17) is 0 Å². The van der Waals surface area contributed by atoms with Crippen LogP contribution in [0.25, 0.3) is 88.7 Å². The molecule has 72 heavy (non-hydrogen) atoms. The lowest BCUT2D eigenvalue weighted by Gasteiger charge is -2.32. The van der Waals surface area contributed by atoms with Gasteiger partial charge in [-0.25, -0.2) is 0 Å². The van der Waals surface area contributed by atoms with E-state index in [1.807, 2.05) is 0 Å². The molecule has 2 aliphatic carbocycles. The molecule has 0 amide bonds. The lowest BCUT2D eigenvalue weighted by atomic mass is 9.70. The Morgan fingerprint density at radius 2 is 0.528 bits per heavy atom. The van der Waals surface area contributed by atoms with Crippen molar-refractivity contribution in [3.8, 4) is 77.9 Å². The fourth-order valence-corrected chi connectivity index (χ4v) is 11.8. The standard InChI is InChI=1S/C71H47N/c1-3-13-48(14-4-1)51-23-27-53(28-24-51)55-33-38-60(39-34-55)72(61-40-35-56(36-41-61)54-29-25-52(26-30-54)49-15-5-2-6-16-49)62-42-44-66-65-43-37-59(58-32-31-50-17-7-8-18-57(50)45-58)46-69(65)71(70(66)47-62)67-21-11-9-19-63(67)64-20-10-12-22-68(64)71/h1-47H. The SMILES string of the molecule is c1ccc(-c2ccc(-c3ccc(N(c4ccc(-c5ccc(-c6ccccc6)cc5)cc4)c4ccc5c(c4)C4(c6ccccc6-c6ccccc64)c4cc(-c6ccc7ccccc7c6)ccc4-5)cc3)cc2)cc1. The van der Waals surface area contributed by atoms with Crippen LogP contribution in [0.1, 0.15) is 22.3 Å². The zero-order valence-corrected chi connectivity index (χ0v) is 39.6. The highest BCUT2D eigenvalue weighted by Crippen LogP contribution is 2.64. The minimum absolute atomic E-state index is 0.530. The van der Waals surface area contributed by atoms with Gasteiger partial charge in [0, 0.05) is 17.1 Å². The van der Waals surface area contributed by atoms with Crippen LogP contribution in [0.2, 0.25) is 0 Å². The molecule has 12 aromatic carbocycles. The molecule has 14 rings (SSSR count). The first-order chi connectivity index (χ1) is 35.7. The normalized spacial score (nSPS) is 12.6. The molecule has 1 spiro atoms. The van der Waals surface area contributed by atoms with Crippen LogP contribution in [0.15, 0.2) is 285 Å². The molecule has 0 saturated carbocycles. The fraction of sp³-hybridized carbons (Fsp3) is 0.0141. The van der Waals surface area contributed by atoms with Crippen LogP contribution in [-0.4, -0.2) is 0 Å². The van der Waals surface area contributed by atoms with Crippen molar-refractivity contribution in [1.29, 1.82) is 0 Å². The number of benzene rings is 12. The predicted molar refractivity (Wildman–Crippen MR) is 302 cm³/mol.